The fourth-order valence-corrected chi connectivity index (χ4v) is 5.36. The molecular formula is C17H28ClNO. The topological polar surface area (TPSA) is 29.1 Å². The Morgan fingerprint density at radius 2 is 1.75 bits per heavy atom. The molecule has 4 saturated carbocycles. The van der Waals surface area contributed by atoms with E-state index >= 15 is 0 Å². The van der Waals surface area contributed by atoms with Crippen molar-refractivity contribution in [2.75, 3.05) is 12.4 Å². The molecule has 1 amide bonds. The molecule has 4 aliphatic carbocycles. The molecule has 2 nitrogen and oxygen atoms in total. The highest BCUT2D eigenvalue weighted by molar-refractivity contribution is 6.18. The van der Waals surface area contributed by atoms with Crippen LogP contribution in [0.5, 0.6) is 0 Å². The van der Waals surface area contributed by atoms with Crippen molar-refractivity contribution >= 4 is 17.5 Å². The molecule has 20 heavy (non-hydrogen) atoms. The smallest absolute Gasteiger partial charge is 0.223 e. The summed E-state index contributed by atoms with van der Waals surface area (Å²) >= 11 is 5.81. The Balaban J connectivity index is 1.46. The quantitative estimate of drug-likeness (QED) is 0.586. The number of nitrogens with one attached hydrogen (secondary N) is 1. The molecule has 0 heterocycles. The fourth-order valence-electron chi connectivity index (χ4n) is 5.21. The van der Waals surface area contributed by atoms with Crippen LogP contribution in [0.2, 0.25) is 0 Å². The first-order valence-electron chi connectivity index (χ1n) is 8.51. The van der Waals surface area contributed by atoms with Gasteiger partial charge in [0, 0.05) is 18.3 Å². The molecule has 4 fully saturated rings. The maximum Gasteiger partial charge on any atom is 0.223 e. The molecule has 0 aromatic heterocycles. The molecule has 4 aliphatic rings. The lowest BCUT2D eigenvalue weighted by molar-refractivity contribution is -0.138. The molecule has 1 atom stereocenters. The van der Waals surface area contributed by atoms with Crippen molar-refractivity contribution < 1.29 is 4.79 Å². The zero-order valence-corrected chi connectivity index (χ0v) is 13.4. The van der Waals surface area contributed by atoms with Crippen LogP contribution in [0.15, 0.2) is 0 Å². The number of alkyl halides is 1. The lowest BCUT2D eigenvalue weighted by Crippen LogP contribution is -2.51. The van der Waals surface area contributed by atoms with E-state index in [0.717, 1.165) is 37.1 Å². The van der Waals surface area contributed by atoms with Crippen molar-refractivity contribution in [3.8, 4) is 0 Å². The van der Waals surface area contributed by atoms with E-state index in [1.165, 1.54) is 32.1 Å². The van der Waals surface area contributed by atoms with Gasteiger partial charge in [0.25, 0.3) is 0 Å². The molecule has 0 saturated heterocycles. The van der Waals surface area contributed by atoms with Gasteiger partial charge in [0.05, 0.1) is 0 Å². The van der Waals surface area contributed by atoms with Crippen LogP contribution in [0.1, 0.15) is 51.9 Å². The zero-order chi connectivity index (χ0) is 14.1. The number of carbonyl (C=O) groups is 1. The van der Waals surface area contributed by atoms with Gasteiger partial charge in [0.1, 0.15) is 0 Å². The molecule has 1 unspecified atom stereocenters. The number of carbonyl (C=O) groups excluding carboxylic acids is 1. The second kappa shape index (κ2) is 6.25. The van der Waals surface area contributed by atoms with E-state index in [0.29, 0.717) is 29.6 Å². The van der Waals surface area contributed by atoms with Crippen LogP contribution in [0.25, 0.3) is 0 Å². The van der Waals surface area contributed by atoms with Crippen LogP contribution in [-0.2, 0) is 4.79 Å². The monoisotopic (exact) mass is 297 g/mol. The maximum absolute atomic E-state index is 12.5. The number of hydrogen-bond acceptors (Lipinski definition) is 1. The highest BCUT2D eigenvalue weighted by Gasteiger charge is 2.50. The first-order chi connectivity index (χ1) is 9.67. The van der Waals surface area contributed by atoms with E-state index in [1.807, 2.05) is 0 Å². The fraction of sp³-hybridized carbons (Fsp3) is 0.941. The third-order valence-electron chi connectivity index (χ3n) is 5.97. The van der Waals surface area contributed by atoms with Crippen molar-refractivity contribution in [2.45, 2.75) is 51.9 Å². The summed E-state index contributed by atoms with van der Waals surface area (Å²) in [5.74, 6) is 5.29. The molecule has 0 aliphatic heterocycles. The summed E-state index contributed by atoms with van der Waals surface area (Å²) in [6, 6.07) is 0. The SMILES string of the molecule is CC(CCl)CCCNC(=O)C1C2CC3CC(C2)CC1C3. The van der Waals surface area contributed by atoms with Gasteiger partial charge in [-0.1, -0.05) is 6.92 Å². The first-order valence-corrected chi connectivity index (χ1v) is 9.04. The molecule has 1 N–H and O–H groups in total. The third-order valence-corrected chi connectivity index (χ3v) is 6.49. The molecule has 0 aromatic carbocycles. The second-order valence-electron chi connectivity index (χ2n) is 7.65. The minimum absolute atomic E-state index is 0.341. The molecule has 4 rings (SSSR count). The van der Waals surface area contributed by atoms with Gasteiger partial charge in [-0.25, -0.2) is 0 Å². The van der Waals surface area contributed by atoms with Gasteiger partial charge in [0.15, 0.2) is 0 Å². The Kier molecular flexibility index (Phi) is 4.59. The van der Waals surface area contributed by atoms with Crippen molar-refractivity contribution in [3.05, 3.63) is 0 Å². The standard InChI is InChI=1S/C17H28ClNO/c1-11(10-18)3-2-4-19-17(20)16-14-6-12-5-13(8-14)9-15(16)7-12/h11-16H,2-10H2,1H3,(H,19,20). The average Bonchev–Trinajstić information content (AvgIpc) is 2.42. The van der Waals surface area contributed by atoms with Gasteiger partial charge in [0.2, 0.25) is 5.91 Å². The van der Waals surface area contributed by atoms with Gasteiger partial charge in [-0.15, -0.1) is 11.6 Å². The molecule has 0 spiro atoms. The Labute approximate surface area is 128 Å². The summed E-state index contributed by atoms with van der Waals surface area (Å²) in [5, 5.41) is 3.21. The van der Waals surface area contributed by atoms with Crippen molar-refractivity contribution in [2.24, 2.45) is 35.5 Å². The Hall–Kier alpha value is -0.240. The van der Waals surface area contributed by atoms with Crippen molar-refractivity contribution in [3.63, 3.8) is 0 Å². The highest BCUT2D eigenvalue weighted by Crippen LogP contribution is 2.56. The van der Waals surface area contributed by atoms with Crippen LogP contribution in [-0.4, -0.2) is 18.3 Å². The number of halogens is 1. The lowest BCUT2D eigenvalue weighted by Gasteiger charge is -2.53. The summed E-state index contributed by atoms with van der Waals surface area (Å²) in [6.07, 6.45) is 8.95. The molecule has 4 bridgehead atoms. The van der Waals surface area contributed by atoms with E-state index in [9.17, 15) is 4.79 Å². The molecule has 0 radical (unpaired) electrons. The number of amides is 1. The predicted octanol–water partition coefficient (Wildman–Crippen LogP) is 3.83. The average molecular weight is 298 g/mol. The largest absolute Gasteiger partial charge is 0.356 e. The van der Waals surface area contributed by atoms with Gasteiger partial charge in [-0.3, -0.25) is 4.79 Å². The van der Waals surface area contributed by atoms with Gasteiger partial charge in [-0.05, 0) is 74.5 Å². The lowest BCUT2D eigenvalue weighted by atomic mass is 9.51. The molecular weight excluding hydrogens is 270 g/mol. The van der Waals surface area contributed by atoms with E-state index in [-0.39, 0.29) is 0 Å². The summed E-state index contributed by atoms with van der Waals surface area (Å²) < 4.78 is 0. The maximum atomic E-state index is 12.5. The van der Waals surface area contributed by atoms with Gasteiger partial charge in [-0.2, -0.15) is 0 Å². The zero-order valence-electron chi connectivity index (χ0n) is 12.6. The first kappa shape index (κ1) is 14.7. The summed E-state index contributed by atoms with van der Waals surface area (Å²) in [4.78, 5) is 12.5. The van der Waals surface area contributed by atoms with Gasteiger partial charge >= 0.3 is 0 Å². The van der Waals surface area contributed by atoms with E-state index in [2.05, 4.69) is 12.2 Å². The summed E-state index contributed by atoms with van der Waals surface area (Å²) in [7, 11) is 0. The van der Waals surface area contributed by atoms with Crippen LogP contribution in [0.4, 0.5) is 0 Å². The summed E-state index contributed by atoms with van der Waals surface area (Å²) in [5.41, 5.74) is 0. The Morgan fingerprint density at radius 3 is 2.30 bits per heavy atom. The van der Waals surface area contributed by atoms with Crippen molar-refractivity contribution in [1.82, 2.24) is 5.32 Å². The highest BCUT2D eigenvalue weighted by atomic mass is 35.5. The second-order valence-corrected chi connectivity index (χ2v) is 7.96. The predicted molar refractivity (Wildman–Crippen MR) is 82.7 cm³/mol. The normalized spacial score (nSPS) is 39.8. The Bertz CT molecular complexity index is 329. The van der Waals surface area contributed by atoms with Crippen molar-refractivity contribution in [1.29, 1.82) is 0 Å². The van der Waals surface area contributed by atoms with Gasteiger partial charge < -0.3 is 5.32 Å². The molecule has 0 aromatic rings. The van der Waals surface area contributed by atoms with Crippen LogP contribution < -0.4 is 5.32 Å². The van der Waals surface area contributed by atoms with Crippen LogP contribution in [0.3, 0.4) is 0 Å². The minimum Gasteiger partial charge on any atom is -0.356 e. The van der Waals surface area contributed by atoms with E-state index in [1.54, 1.807) is 0 Å². The third kappa shape index (κ3) is 3.00. The van der Waals surface area contributed by atoms with E-state index < -0.39 is 0 Å². The number of hydrogen-bond donors (Lipinski definition) is 1. The van der Waals surface area contributed by atoms with E-state index in [4.69, 9.17) is 11.6 Å². The number of rotatable bonds is 6. The van der Waals surface area contributed by atoms with Crippen LogP contribution >= 0.6 is 11.6 Å². The molecule has 114 valence electrons. The van der Waals surface area contributed by atoms with Crippen LogP contribution in [0, 0.1) is 35.5 Å². The Morgan fingerprint density at radius 1 is 1.15 bits per heavy atom. The minimum atomic E-state index is 0.341. The summed E-state index contributed by atoms with van der Waals surface area (Å²) in [6.45, 7) is 3.01. The molecule has 3 heteroatoms.